The Hall–Kier alpha value is -1.49. The second kappa shape index (κ2) is 11.1. The van der Waals surface area contributed by atoms with Crippen LogP contribution >= 0.6 is 23.2 Å². The van der Waals surface area contributed by atoms with Crippen LogP contribution in [0.25, 0.3) is 0 Å². The second-order valence-corrected chi connectivity index (χ2v) is 8.25. The highest BCUT2D eigenvalue weighted by Crippen LogP contribution is 2.37. The molecule has 1 fully saturated rings. The van der Waals surface area contributed by atoms with Crippen LogP contribution in [0.4, 0.5) is 0 Å². The molecule has 1 aliphatic carbocycles. The minimum Gasteiger partial charge on any atom is -0.493 e. The summed E-state index contributed by atoms with van der Waals surface area (Å²) in [6.45, 7) is 2.82. The first-order valence-corrected chi connectivity index (χ1v) is 11.1. The van der Waals surface area contributed by atoms with Gasteiger partial charge >= 0.3 is 0 Å². The van der Waals surface area contributed by atoms with Crippen molar-refractivity contribution in [1.29, 1.82) is 0 Å². The third-order valence-electron chi connectivity index (χ3n) is 5.31. The lowest BCUT2D eigenvalue weighted by Crippen LogP contribution is -2.13. The monoisotopic (exact) mass is 437 g/mol. The van der Waals surface area contributed by atoms with Gasteiger partial charge in [0.25, 0.3) is 0 Å². The minimum absolute atomic E-state index is 0.184. The molecule has 158 valence electrons. The quantitative estimate of drug-likeness (QED) is 0.382. The van der Waals surface area contributed by atoms with E-state index in [0.717, 1.165) is 48.3 Å². The number of benzene rings is 1. The molecular weight excluding hydrogens is 409 g/mol. The molecule has 0 spiro atoms. The smallest absolute Gasteiger partial charge is 0.161 e. The lowest BCUT2D eigenvalue weighted by molar-refractivity contribution is 0.0506. The number of aromatic nitrogens is 1. The van der Waals surface area contributed by atoms with E-state index in [1.54, 1.807) is 19.5 Å². The Morgan fingerprint density at radius 2 is 1.83 bits per heavy atom. The molecule has 29 heavy (non-hydrogen) atoms. The molecule has 4 nitrogen and oxygen atoms in total. The molecule has 6 heteroatoms. The zero-order chi connectivity index (χ0) is 20.6. The Bertz CT molecular complexity index is 773. The Kier molecular flexibility index (Phi) is 8.46. The summed E-state index contributed by atoms with van der Waals surface area (Å²) in [5, 5.41) is 1.11. The lowest BCUT2D eigenvalue weighted by Gasteiger charge is -2.22. The number of nitrogens with zero attached hydrogens (tertiary/aromatic N) is 1. The number of hydrogen-bond acceptors (Lipinski definition) is 4. The molecule has 1 aliphatic rings. The van der Waals surface area contributed by atoms with Gasteiger partial charge in [0.1, 0.15) is 0 Å². The van der Waals surface area contributed by atoms with E-state index in [0.29, 0.717) is 23.1 Å². The van der Waals surface area contributed by atoms with Crippen LogP contribution < -0.4 is 9.47 Å². The van der Waals surface area contributed by atoms with Gasteiger partial charge in [0.05, 0.1) is 29.4 Å². The van der Waals surface area contributed by atoms with E-state index in [1.807, 2.05) is 18.2 Å². The maximum absolute atomic E-state index is 6.37. The van der Waals surface area contributed by atoms with Crippen molar-refractivity contribution in [1.82, 2.24) is 4.98 Å². The van der Waals surface area contributed by atoms with Gasteiger partial charge in [-0.15, -0.1) is 0 Å². The summed E-state index contributed by atoms with van der Waals surface area (Å²) < 4.78 is 18.0. The largest absolute Gasteiger partial charge is 0.493 e. The normalized spacial score (nSPS) is 15.4. The molecule has 0 radical (unpaired) electrons. The summed E-state index contributed by atoms with van der Waals surface area (Å²) >= 11 is 12.7. The van der Waals surface area contributed by atoms with Gasteiger partial charge in [-0.25, -0.2) is 0 Å². The number of pyridine rings is 1. The van der Waals surface area contributed by atoms with Gasteiger partial charge in [0, 0.05) is 25.4 Å². The first-order chi connectivity index (χ1) is 14.1. The minimum atomic E-state index is -0.184. The zero-order valence-corrected chi connectivity index (χ0v) is 18.6. The third-order valence-corrected chi connectivity index (χ3v) is 5.97. The molecule has 1 unspecified atom stereocenters. The summed E-state index contributed by atoms with van der Waals surface area (Å²) in [7, 11) is 1.67. The standard InChI is InChI=1S/C23H29Cl2NO3/c1-3-4-11-28-22(13-18-19(24)14-26-15-20(18)25)16-9-10-21(27-2)23(12-16)29-17-7-5-6-8-17/h9-10,12,14-15,17,22H,3-8,11,13H2,1-2H3. The fourth-order valence-electron chi connectivity index (χ4n) is 3.63. The Labute approximate surface area is 183 Å². The molecule has 0 bridgehead atoms. The van der Waals surface area contributed by atoms with Crippen LogP contribution in [-0.2, 0) is 11.2 Å². The number of methoxy groups -OCH3 is 1. The highest BCUT2D eigenvalue weighted by Gasteiger charge is 2.22. The summed E-state index contributed by atoms with van der Waals surface area (Å²) in [5.41, 5.74) is 1.87. The average molecular weight is 438 g/mol. The maximum Gasteiger partial charge on any atom is 0.161 e. The molecule has 0 N–H and O–H groups in total. The van der Waals surface area contributed by atoms with E-state index in [2.05, 4.69) is 11.9 Å². The first-order valence-electron chi connectivity index (χ1n) is 10.4. The average Bonchev–Trinajstić information content (AvgIpc) is 3.23. The number of ether oxygens (including phenoxy) is 3. The molecule has 1 atom stereocenters. The molecule has 1 aromatic carbocycles. The first kappa shape index (κ1) is 22.2. The van der Waals surface area contributed by atoms with E-state index in [1.165, 1.54) is 12.8 Å². The molecule has 0 amide bonds. The van der Waals surface area contributed by atoms with Gasteiger partial charge in [0.15, 0.2) is 11.5 Å². The SMILES string of the molecule is CCCCOC(Cc1c(Cl)cncc1Cl)c1ccc(OC)c(OC2CCCC2)c1. The van der Waals surface area contributed by atoms with E-state index < -0.39 is 0 Å². The van der Waals surface area contributed by atoms with E-state index in [9.17, 15) is 0 Å². The van der Waals surface area contributed by atoms with Crippen LogP contribution in [0.1, 0.15) is 62.7 Å². The fourth-order valence-corrected chi connectivity index (χ4v) is 4.15. The van der Waals surface area contributed by atoms with Crippen molar-refractivity contribution in [3.63, 3.8) is 0 Å². The van der Waals surface area contributed by atoms with Gasteiger partial charge in [-0.05, 0) is 55.4 Å². The van der Waals surface area contributed by atoms with Crippen molar-refractivity contribution >= 4 is 23.2 Å². The molecule has 1 aromatic heterocycles. The van der Waals surface area contributed by atoms with E-state index in [4.69, 9.17) is 37.4 Å². The Morgan fingerprint density at radius 3 is 2.48 bits per heavy atom. The molecule has 3 rings (SSSR count). The van der Waals surface area contributed by atoms with E-state index in [-0.39, 0.29) is 12.2 Å². The molecule has 0 aliphatic heterocycles. The van der Waals surface area contributed by atoms with Crippen molar-refractivity contribution in [3.8, 4) is 11.5 Å². The molecule has 0 saturated heterocycles. The van der Waals surface area contributed by atoms with Crippen molar-refractivity contribution in [3.05, 3.63) is 51.8 Å². The van der Waals surface area contributed by atoms with Crippen LogP contribution in [0, 0.1) is 0 Å². The van der Waals surface area contributed by atoms with Crippen molar-refractivity contribution < 1.29 is 14.2 Å². The highest BCUT2D eigenvalue weighted by molar-refractivity contribution is 6.35. The Morgan fingerprint density at radius 1 is 1.10 bits per heavy atom. The predicted octanol–water partition coefficient (Wildman–Crippen LogP) is 6.82. The number of unbranched alkanes of at least 4 members (excludes halogenated alkanes) is 1. The zero-order valence-electron chi connectivity index (χ0n) is 17.1. The van der Waals surface area contributed by atoms with Crippen LogP contribution in [-0.4, -0.2) is 24.8 Å². The van der Waals surface area contributed by atoms with Crippen LogP contribution in [0.5, 0.6) is 11.5 Å². The number of halogens is 2. The Balaban J connectivity index is 1.87. The van der Waals surface area contributed by atoms with Crippen molar-refractivity contribution in [2.24, 2.45) is 0 Å². The number of hydrogen-bond donors (Lipinski definition) is 0. The molecular formula is C23H29Cl2NO3. The summed E-state index contributed by atoms with van der Waals surface area (Å²) in [6.07, 6.45) is 10.6. The van der Waals surface area contributed by atoms with Crippen LogP contribution in [0.2, 0.25) is 10.0 Å². The lowest BCUT2D eigenvalue weighted by atomic mass is 10.0. The van der Waals surface area contributed by atoms with Crippen molar-refractivity contribution in [2.75, 3.05) is 13.7 Å². The van der Waals surface area contributed by atoms with Gasteiger partial charge in [-0.1, -0.05) is 42.6 Å². The molecule has 1 heterocycles. The van der Waals surface area contributed by atoms with Gasteiger partial charge < -0.3 is 14.2 Å². The molecule has 2 aromatic rings. The summed E-state index contributed by atoms with van der Waals surface area (Å²) in [6, 6.07) is 6.02. The van der Waals surface area contributed by atoms with E-state index >= 15 is 0 Å². The fraction of sp³-hybridized carbons (Fsp3) is 0.522. The highest BCUT2D eigenvalue weighted by atomic mass is 35.5. The maximum atomic E-state index is 6.37. The topological polar surface area (TPSA) is 40.6 Å². The van der Waals surface area contributed by atoms with Crippen molar-refractivity contribution in [2.45, 2.75) is 64.1 Å². The third kappa shape index (κ3) is 6.00. The van der Waals surface area contributed by atoms with Crippen LogP contribution in [0.3, 0.4) is 0 Å². The van der Waals surface area contributed by atoms with Gasteiger partial charge in [0.2, 0.25) is 0 Å². The number of rotatable bonds is 10. The van der Waals surface area contributed by atoms with Gasteiger partial charge in [-0.2, -0.15) is 0 Å². The van der Waals surface area contributed by atoms with Crippen LogP contribution in [0.15, 0.2) is 30.6 Å². The molecule has 1 saturated carbocycles. The summed E-state index contributed by atoms with van der Waals surface area (Å²) in [4.78, 5) is 4.05. The predicted molar refractivity (Wildman–Crippen MR) is 117 cm³/mol. The second-order valence-electron chi connectivity index (χ2n) is 7.43. The van der Waals surface area contributed by atoms with Gasteiger partial charge in [-0.3, -0.25) is 4.98 Å². The summed E-state index contributed by atoms with van der Waals surface area (Å²) in [5.74, 6) is 1.51.